The number of para-hydroxylation sites is 1. The van der Waals surface area contributed by atoms with Crippen LogP contribution in [-0.4, -0.2) is 48.8 Å². The number of aromatic nitrogens is 2. The second kappa shape index (κ2) is 10.2. The Morgan fingerprint density at radius 3 is 2.49 bits per heavy atom. The maximum atomic E-state index is 13.0. The number of carbonyl (C=O) groups excluding carboxylic acids is 1. The van der Waals surface area contributed by atoms with Gasteiger partial charge in [0.15, 0.2) is 0 Å². The van der Waals surface area contributed by atoms with Crippen LogP contribution < -0.4 is 9.64 Å². The van der Waals surface area contributed by atoms with Crippen molar-refractivity contribution < 1.29 is 36.7 Å². The van der Waals surface area contributed by atoms with Crippen molar-refractivity contribution in [2.75, 3.05) is 25.1 Å². The number of rotatable bonds is 8. The van der Waals surface area contributed by atoms with Crippen molar-refractivity contribution in [3.05, 3.63) is 59.5 Å². The molecule has 2 saturated carbocycles. The third-order valence-corrected chi connectivity index (χ3v) is 7.80. The molecule has 0 radical (unpaired) electrons. The Morgan fingerprint density at radius 2 is 1.85 bits per heavy atom. The minimum Gasteiger partial charge on any atom is -0.465 e. The number of nitrogens with zero attached hydrogens (tertiary/aromatic N) is 3. The lowest BCUT2D eigenvalue weighted by Gasteiger charge is -2.20. The Labute approximate surface area is 223 Å². The summed E-state index contributed by atoms with van der Waals surface area (Å²) in [5, 5.41) is 4.16. The van der Waals surface area contributed by atoms with Crippen molar-refractivity contribution in [3.8, 4) is 17.0 Å². The van der Waals surface area contributed by atoms with Crippen LogP contribution in [0.5, 0.6) is 5.75 Å². The lowest BCUT2D eigenvalue weighted by atomic mass is 10.0. The fourth-order valence-corrected chi connectivity index (χ4v) is 5.80. The summed E-state index contributed by atoms with van der Waals surface area (Å²) in [6.07, 6.45) is 0.439. The molecule has 1 aromatic carbocycles. The summed E-state index contributed by atoms with van der Waals surface area (Å²) in [5.41, 5.74) is 1.68. The normalized spacial score (nSPS) is 22.7. The van der Waals surface area contributed by atoms with Crippen LogP contribution in [0.2, 0.25) is 0 Å². The van der Waals surface area contributed by atoms with Crippen molar-refractivity contribution in [1.82, 2.24) is 10.1 Å². The van der Waals surface area contributed by atoms with E-state index in [9.17, 15) is 18.0 Å². The summed E-state index contributed by atoms with van der Waals surface area (Å²) < 4.78 is 60.1. The molecule has 3 aliphatic rings. The number of carbonyl (C=O) groups is 1. The number of hydrogen-bond acceptors (Lipinski definition) is 8. The smallest absolute Gasteiger partial charge is 0.465 e. The van der Waals surface area contributed by atoms with Gasteiger partial charge in [0.05, 0.1) is 25.4 Å². The minimum atomic E-state index is -4.82. The first-order valence-electron chi connectivity index (χ1n) is 13.0. The van der Waals surface area contributed by atoms with Gasteiger partial charge in [-0.05, 0) is 61.8 Å². The first-order valence-corrected chi connectivity index (χ1v) is 13.0. The summed E-state index contributed by atoms with van der Waals surface area (Å²) in [5.74, 6) is 1.91. The summed E-state index contributed by atoms with van der Waals surface area (Å²) in [4.78, 5) is 18.3. The van der Waals surface area contributed by atoms with Gasteiger partial charge < -0.3 is 23.6 Å². The maximum Gasteiger partial charge on any atom is 0.573 e. The fraction of sp³-hybridized carbons (Fsp3) is 0.464. The van der Waals surface area contributed by atoms with E-state index in [4.69, 9.17) is 14.0 Å². The van der Waals surface area contributed by atoms with Gasteiger partial charge in [0.1, 0.15) is 23.0 Å². The van der Waals surface area contributed by atoms with Crippen molar-refractivity contribution in [3.63, 3.8) is 0 Å². The van der Waals surface area contributed by atoms with E-state index in [1.54, 1.807) is 18.2 Å². The van der Waals surface area contributed by atoms with Gasteiger partial charge in [-0.2, -0.15) is 0 Å². The molecule has 3 fully saturated rings. The zero-order chi connectivity index (χ0) is 27.1. The molecule has 11 heteroatoms. The molecule has 3 aromatic rings. The number of fused-ring (bicyclic) bond motifs is 1. The number of alkyl halides is 3. The summed E-state index contributed by atoms with van der Waals surface area (Å²) in [6.45, 7) is 1.92. The molecule has 0 amide bonds. The molecule has 2 aliphatic carbocycles. The van der Waals surface area contributed by atoms with Crippen molar-refractivity contribution in [2.24, 2.45) is 11.8 Å². The first-order chi connectivity index (χ1) is 18.8. The van der Waals surface area contributed by atoms with Gasteiger partial charge in [0, 0.05) is 36.3 Å². The maximum absolute atomic E-state index is 13.0. The van der Waals surface area contributed by atoms with Crippen molar-refractivity contribution in [2.45, 2.75) is 50.7 Å². The topological polar surface area (TPSA) is 86.9 Å². The van der Waals surface area contributed by atoms with Gasteiger partial charge in [0.25, 0.3) is 0 Å². The predicted molar refractivity (Wildman–Crippen MR) is 133 cm³/mol. The van der Waals surface area contributed by atoms with E-state index >= 15 is 0 Å². The van der Waals surface area contributed by atoms with E-state index in [0.29, 0.717) is 34.4 Å². The average Bonchev–Trinajstić information content (AvgIpc) is 3.38. The first kappa shape index (κ1) is 25.7. The SMILES string of the molecule is COC(=O)c1ccc(N2CC3CC(OCc4c(-c5ccccc5OC(F)(F)F)noc4C4CC4)C[C@H]3C2)nc1. The molecule has 39 heavy (non-hydrogen) atoms. The van der Waals surface area contributed by atoms with Crippen LogP contribution >= 0.6 is 0 Å². The van der Waals surface area contributed by atoms with Crippen molar-refractivity contribution in [1.29, 1.82) is 0 Å². The molecule has 0 N–H and O–H groups in total. The Kier molecular flexibility index (Phi) is 6.70. The van der Waals surface area contributed by atoms with Crippen LogP contribution in [0.3, 0.4) is 0 Å². The Hall–Kier alpha value is -3.60. The third kappa shape index (κ3) is 5.45. The van der Waals surface area contributed by atoms with Crippen molar-refractivity contribution >= 4 is 11.8 Å². The number of pyridine rings is 1. The molecule has 3 atom stereocenters. The van der Waals surface area contributed by atoms with Crippen LogP contribution in [-0.2, 0) is 16.1 Å². The lowest BCUT2D eigenvalue weighted by Crippen LogP contribution is -2.24. The highest BCUT2D eigenvalue weighted by molar-refractivity contribution is 5.89. The van der Waals surface area contributed by atoms with Crippen LogP contribution in [0.4, 0.5) is 19.0 Å². The second-order valence-corrected chi connectivity index (χ2v) is 10.4. The molecule has 3 heterocycles. The van der Waals surface area contributed by atoms with Crippen LogP contribution in [0.15, 0.2) is 47.1 Å². The molecule has 0 spiro atoms. The van der Waals surface area contributed by atoms with E-state index in [1.807, 2.05) is 6.07 Å². The molecule has 2 aromatic heterocycles. The monoisotopic (exact) mass is 543 g/mol. The zero-order valence-electron chi connectivity index (χ0n) is 21.3. The number of ether oxygens (including phenoxy) is 3. The quantitative estimate of drug-likeness (QED) is 0.333. The molecule has 206 valence electrons. The fourth-order valence-electron chi connectivity index (χ4n) is 5.80. The number of halogens is 3. The van der Waals surface area contributed by atoms with Gasteiger partial charge in [-0.15, -0.1) is 13.2 Å². The number of hydrogen-bond donors (Lipinski definition) is 0. The summed E-state index contributed by atoms with van der Waals surface area (Å²) in [7, 11) is 1.34. The van der Waals surface area contributed by atoms with Crippen LogP contribution in [0.1, 0.15) is 53.3 Å². The highest BCUT2D eigenvalue weighted by Gasteiger charge is 2.42. The van der Waals surface area contributed by atoms with Gasteiger partial charge in [0.2, 0.25) is 0 Å². The highest BCUT2D eigenvalue weighted by atomic mass is 19.4. The molecule has 0 bridgehead atoms. The largest absolute Gasteiger partial charge is 0.573 e. The molecule has 1 aliphatic heterocycles. The average molecular weight is 544 g/mol. The van der Waals surface area contributed by atoms with Gasteiger partial charge in [-0.1, -0.05) is 17.3 Å². The number of anilines is 1. The summed E-state index contributed by atoms with van der Waals surface area (Å²) in [6, 6.07) is 9.54. The summed E-state index contributed by atoms with van der Waals surface area (Å²) >= 11 is 0. The van der Waals surface area contributed by atoms with E-state index < -0.39 is 12.3 Å². The Balaban J connectivity index is 1.12. The zero-order valence-corrected chi connectivity index (χ0v) is 21.3. The van der Waals surface area contributed by atoms with E-state index in [2.05, 4.69) is 19.8 Å². The van der Waals surface area contributed by atoms with Gasteiger partial charge in [-0.3, -0.25) is 0 Å². The number of methoxy groups -OCH3 is 1. The highest BCUT2D eigenvalue weighted by Crippen LogP contribution is 2.46. The molecule has 2 unspecified atom stereocenters. The molecule has 8 nitrogen and oxygen atoms in total. The standard InChI is InChI=1S/C28H28F3N3O5/c1-36-27(35)17-8-9-24(32-12-17)34-13-18-10-20(11-19(18)14-34)37-15-22-25(33-39-26(22)16-6-7-16)21-4-2-3-5-23(21)38-28(29,30)31/h2-5,8-9,12,16,18-20H,6-7,10-11,13-15H2,1H3/t18-,19?,20?/m0/s1. The Morgan fingerprint density at radius 1 is 1.10 bits per heavy atom. The molecule has 6 rings (SSSR count). The van der Waals surface area contributed by atoms with Gasteiger partial charge >= 0.3 is 12.3 Å². The second-order valence-electron chi connectivity index (χ2n) is 10.4. The predicted octanol–water partition coefficient (Wildman–Crippen LogP) is 5.73. The Bertz CT molecular complexity index is 1320. The third-order valence-electron chi connectivity index (χ3n) is 7.80. The lowest BCUT2D eigenvalue weighted by molar-refractivity contribution is -0.274. The van der Waals surface area contributed by atoms with Crippen LogP contribution in [0, 0.1) is 11.8 Å². The molecular weight excluding hydrogens is 515 g/mol. The van der Waals surface area contributed by atoms with E-state index in [1.165, 1.54) is 25.4 Å². The minimum absolute atomic E-state index is 0.0354. The van der Waals surface area contributed by atoms with Gasteiger partial charge in [-0.25, -0.2) is 9.78 Å². The number of benzene rings is 1. The molecular formula is C28H28F3N3O5. The number of esters is 1. The van der Waals surface area contributed by atoms with E-state index in [0.717, 1.165) is 44.6 Å². The van der Waals surface area contributed by atoms with E-state index in [-0.39, 0.29) is 29.9 Å². The molecule has 1 saturated heterocycles. The van der Waals surface area contributed by atoms with Crippen LogP contribution in [0.25, 0.3) is 11.3 Å².